The van der Waals surface area contributed by atoms with Crippen LogP contribution < -0.4 is 0 Å². The number of hydrogen-bond acceptors (Lipinski definition) is 4. The number of benzene rings is 2. The maximum Gasteiger partial charge on any atom is 0.187 e. The quantitative estimate of drug-likeness (QED) is 0.405. The predicted molar refractivity (Wildman–Crippen MR) is 128 cm³/mol. The lowest BCUT2D eigenvalue weighted by Gasteiger charge is -2.28. The van der Waals surface area contributed by atoms with Gasteiger partial charge >= 0.3 is 0 Å². The van der Waals surface area contributed by atoms with Gasteiger partial charge in [0.05, 0.1) is 25.6 Å². The molecule has 1 aliphatic rings. The average molecular weight is 457 g/mol. The number of thioether (sulfide) groups is 1. The minimum atomic E-state index is -0.634. The van der Waals surface area contributed by atoms with Gasteiger partial charge in [-0.05, 0) is 49.1 Å². The van der Waals surface area contributed by atoms with Crippen molar-refractivity contribution in [3.05, 3.63) is 88.5 Å². The van der Waals surface area contributed by atoms with Crippen molar-refractivity contribution in [1.29, 1.82) is 0 Å². The summed E-state index contributed by atoms with van der Waals surface area (Å²) in [7, 11) is 0. The van der Waals surface area contributed by atoms with Crippen LogP contribution in [-0.4, -0.2) is 33.8 Å². The molecule has 6 heteroatoms. The molecule has 0 saturated carbocycles. The molecule has 2 unspecified atom stereocenters. The topological polar surface area (TPSA) is 36.3 Å². The highest BCUT2D eigenvalue weighted by Crippen LogP contribution is 2.33. The molecule has 0 amide bonds. The summed E-state index contributed by atoms with van der Waals surface area (Å²) in [5.41, 5.74) is 5.29. The molecule has 2 atom stereocenters. The lowest BCUT2D eigenvalue weighted by molar-refractivity contribution is -0.180. The van der Waals surface area contributed by atoms with Gasteiger partial charge < -0.3 is 14.0 Å². The Hall–Kier alpha value is -1.79. The number of hydrogen-bond donors (Lipinski definition) is 0. The van der Waals surface area contributed by atoms with E-state index in [-0.39, 0.29) is 6.10 Å². The van der Waals surface area contributed by atoms with Crippen molar-refractivity contribution in [2.75, 3.05) is 12.4 Å². The molecule has 2 aromatic carbocycles. The minimum absolute atomic E-state index is 0.0869. The van der Waals surface area contributed by atoms with Crippen molar-refractivity contribution in [2.45, 2.75) is 50.9 Å². The minimum Gasteiger partial charge on any atom is -0.345 e. The zero-order valence-electron chi connectivity index (χ0n) is 18.1. The molecule has 1 fully saturated rings. The van der Waals surface area contributed by atoms with Crippen LogP contribution in [0.5, 0.6) is 0 Å². The third kappa shape index (κ3) is 6.13. The zero-order chi connectivity index (χ0) is 21.7. The van der Waals surface area contributed by atoms with Crippen LogP contribution in [0.1, 0.15) is 28.7 Å². The molecule has 164 valence electrons. The monoisotopic (exact) mass is 456 g/mol. The molecular formula is C25H29ClN2O2S. The van der Waals surface area contributed by atoms with E-state index in [4.69, 9.17) is 21.1 Å². The SMILES string of the molecule is Cc1ccc(C)c(CSCC2COC(CCc3ccc(Cl)cc3)(Cn3ccnc3)O2)c1. The third-order valence-electron chi connectivity index (χ3n) is 5.67. The number of aromatic nitrogens is 2. The first-order valence-corrected chi connectivity index (χ1v) is 12.2. The van der Waals surface area contributed by atoms with E-state index in [1.165, 1.54) is 22.3 Å². The molecule has 0 aliphatic carbocycles. The van der Waals surface area contributed by atoms with E-state index in [0.717, 1.165) is 29.4 Å². The fourth-order valence-electron chi connectivity index (χ4n) is 3.89. The predicted octanol–water partition coefficient (Wildman–Crippen LogP) is 5.83. The molecule has 2 heterocycles. The molecule has 4 nitrogen and oxygen atoms in total. The number of imidazole rings is 1. The van der Waals surface area contributed by atoms with Gasteiger partial charge in [0.1, 0.15) is 0 Å². The zero-order valence-corrected chi connectivity index (χ0v) is 19.7. The highest BCUT2D eigenvalue weighted by atomic mass is 35.5. The van der Waals surface area contributed by atoms with Crippen molar-refractivity contribution >= 4 is 23.4 Å². The van der Waals surface area contributed by atoms with Crippen LogP contribution in [0.15, 0.2) is 61.2 Å². The first kappa shape index (κ1) is 22.4. The molecule has 1 saturated heterocycles. The van der Waals surface area contributed by atoms with Gasteiger partial charge in [-0.3, -0.25) is 0 Å². The number of halogens is 1. The van der Waals surface area contributed by atoms with Crippen molar-refractivity contribution in [1.82, 2.24) is 9.55 Å². The highest BCUT2D eigenvalue weighted by molar-refractivity contribution is 7.98. The lowest BCUT2D eigenvalue weighted by Crippen LogP contribution is -2.37. The van der Waals surface area contributed by atoms with E-state index >= 15 is 0 Å². The smallest absolute Gasteiger partial charge is 0.187 e. The highest BCUT2D eigenvalue weighted by Gasteiger charge is 2.41. The number of aryl methyl sites for hydroxylation is 3. The van der Waals surface area contributed by atoms with Crippen LogP contribution in [0, 0.1) is 13.8 Å². The molecule has 3 aromatic rings. The summed E-state index contributed by atoms with van der Waals surface area (Å²) in [6.07, 6.45) is 7.31. The van der Waals surface area contributed by atoms with Crippen LogP contribution in [0.4, 0.5) is 0 Å². The Morgan fingerprint density at radius 1 is 1.19 bits per heavy atom. The average Bonchev–Trinajstić information content (AvgIpc) is 3.41. The Balaban J connectivity index is 1.36. The number of ether oxygens (including phenoxy) is 2. The van der Waals surface area contributed by atoms with Gasteiger partial charge in [0.2, 0.25) is 0 Å². The van der Waals surface area contributed by atoms with Gasteiger partial charge in [-0.15, -0.1) is 0 Å². The van der Waals surface area contributed by atoms with E-state index in [0.29, 0.717) is 13.2 Å². The van der Waals surface area contributed by atoms with E-state index in [9.17, 15) is 0 Å². The summed E-state index contributed by atoms with van der Waals surface area (Å²) in [4.78, 5) is 4.17. The van der Waals surface area contributed by atoms with Gasteiger partial charge in [0, 0.05) is 35.3 Å². The second-order valence-electron chi connectivity index (χ2n) is 8.27. The van der Waals surface area contributed by atoms with Crippen LogP contribution in [-0.2, 0) is 28.2 Å². The Morgan fingerprint density at radius 2 is 2.03 bits per heavy atom. The summed E-state index contributed by atoms with van der Waals surface area (Å²) in [6.45, 7) is 5.58. The van der Waals surface area contributed by atoms with Gasteiger partial charge in [-0.25, -0.2) is 4.98 Å². The summed E-state index contributed by atoms with van der Waals surface area (Å²) >= 11 is 7.94. The molecule has 1 aliphatic heterocycles. The Morgan fingerprint density at radius 3 is 2.81 bits per heavy atom. The van der Waals surface area contributed by atoms with Crippen LogP contribution in [0.25, 0.3) is 0 Å². The summed E-state index contributed by atoms with van der Waals surface area (Å²) in [5.74, 6) is 1.28. The van der Waals surface area contributed by atoms with Crippen LogP contribution in [0.3, 0.4) is 0 Å². The van der Waals surface area contributed by atoms with Gasteiger partial charge in [-0.1, -0.05) is 47.5 Å². The Bertz CT molecular complexity index is 978. The molecular weight excluding hydrogens is 428 g/mol. The second-order valence-corrected chi connectivity index (χ2v) is 9.73. The number of rotatable bonds is 9. The van der Waals surface area contributed by atoms with Crippen molar-refractivity contribution < 1.29 is 9.47 Å². The van der Waals surface area contributed by atoms with Crippen molar-refractivity contribution in [2.24, 2.45) is 0 Å². The molecule has 1 aromatic heterocycles. The molecule has 0 N–H and O–H groups in total. The molecule has 31 heavy (non-hydrogen) atoms. The first-order chi connectivity index (χ1) is 15.0. The summed E-state index contributed by atoms with van der Waals surface area (Å²) in [5, 5.41) is 0.756. The molecule has 0 spiro atoms. The van der Waals surface area contributed by atoms with E-state index < -0.39 is 5.79 Å². The van der Waals surface area contributed by atoms with Crippen molar-refractivity contribution in [3.8, 4) is 0 Å². The van der Waals surface area contributed by atoms with E-state index in [2.05, 4.69) is 49.2 Å². The molecule has 0 bridgehead atoms. The fraction of sp³-hybridized carbons (Fsp3) is 0.400. The van der Waals surface area contributed by atoms with E-state index in [1.807, 2.05) is 41.0 Å². The van der Waals surface area contributed by atoms with Gasteiger partial charge in [0.15, 0.2) is 5.79 Å². The Kier molecular flexibility index (Phi) is 7.39. The third-order valence-corrected chi connectivity index (χ3v) is 7.04. The molecule has 0 radical (unpaired) electrons. The van der Waals surface area contributed by atoms with Crippen molar-refractivity contribution in [3.63, 3.8) is 0 Å². The summed E-state index contributed by atoms with van der Waals surface area (Å²) < 4.78 is 14.9. The maximum absolute atomic E-state index is 6.54. The first-order valence-electron chi connectivity index (χ1n) is 10.7. The normalized spacial score (nSPS) is 20.9. The fourth-order valence-corrected chi connectivity index (χ4v) is 5.09. The molecule has 4 rings (SSSR count). The van der Waals surface area contributed by atoms with Gasteiger partial charge in [-0.2, -0.15) is 11.8 Å². The largest absolute Gasteiger partial charge is 0.345 e. The Labute approximate surface area is 193 Å². The van der Waals surface area contributed by atoms with Crippen LogP contribution in [0.2, 0.25) is 5.02 Å². The lowest BCUT2D eigenvalue weighted by atomic mass is 10.0. The van der Waals surface area contributed by atoms with E-state index in [1.54, 1.807) is 6.20 Å². The maximum atomic E-state index is 6.54. The van der Waals surface area contributed by atoms with Crippen LogP contribution >= 0.6 is 23.4 Å². The standard InChI is InChI=1S/C25H29ClN2O2S/c1-19-3-4-20(2)22(13-19)15-31-16-24-14-29-25(30-24,17-28-12-11-27-18-28)10-9-21-5-7-23(26)8-6-21/h3-8,11-13,18,24H,9-10,14-17H2,1-2H3. The second kappa shape index (κ2) is 10.2. The summed E-state index contributed by atoms with van der Waals surface area (Å²) in [6, 6.07) is 14.7. The number of nitrogens with zero attached hydrogens (tertiary/aromatic N) is 2. The van der Waals surface area contributed by atoms with Gasteiger partial charge in [0.25, 0.3) is 0 Å².